The summed E-state index contributed by atoms with van der Waals surface area (Å²) >= 11 is 7.58. The van der Waals surface area contributed by atoms with Crippen molar-refractivity contribution in [2.45, 2.75) is 24.8 Å². The van der Waals surface area contributed by atoms with Gasteiger partial charge < -0.3 is 5.32 Å². The van der Waals surface area contributed by atoms with E-state index in [0.29, 0.717) is 0 Å². The fraction of sp³-hybridized carbons (Fsp3) is 0.556. The zero-order valence-corrected chi connectivity index (χ0v) is 8.58. The Morgan fingerprint density at radius 1 is 1.50 bits per heavy atom. The van der Waals surface area contributed by atoms with Crippen molar-refractivity contribution < 1.29 is 0 Å². The summed E-state index contributed by atoms with van der Waals surface area (Å²) in [4.78, 5) is 1.45. The third-order valence-corrected chi connectivity index (χ3v) is 3.94. The van der Waals surface area contributed by atoms with Crippen molar-refractivity contribution in [1.29, 1.82) is 0 Å². The van der Waals surface area contributed by atoms with Crippen molar-refractivity contribution >= 4 is 22.9 Å². The molecule has 1 aliphatic carbocycles. The van der Waals surface area contributed by atoms with Crippen LogP contribution in [0.1, 0.15) is 23.6 Å². The third kappa shape index (κ3) is 1.51. The first-order chi connectivity index (χ1) is 5.79. The highest BCUT2D eigenvalue weighted by molar-refractivity contribution is 7.16. The molecule has 66 valence electrons. The second-order valence-corrected chi connectivity index (χ2v) is 5.04. The van der Waals surface area contributed by atoms with Gasteiger partial charge in [-0.1, -0.05) is 11.6 Å². The lowest BCUT2D eigenvalue weighted by Gasteiger charge is -2.34. The predicted molar refractivity (Wildman–Crippen MR) is 54.2 cm³/mol. The van der Waals surface area contributed by atoms with Gasteiger partial charge in [0.05, 0.1) is 4.34 Å². The van der Waals surface area contributed by atoms with Crippen LogP contribution in [0.25, 0.3) is 0 Å². The van der Waals surface area contributed by atoms with E-state index in [1.807, 2.05) is 13.1 Å². The lowest BCUT2D eigenvalue weighted by atomic mass is 9.79. The SMILES string of the molecule is CNC1CC(c2ccc(Cl)s2)C1. The van der Waals surface area contributed by atoms with Gasteiger partial charge in [0, 0.05) is 10.9 Å². The molecule has 0 atom stereocenters. The standard InChI is InChI=1S/C9H12ClNS/c1-11-7-4-6(5-7)8-2-3-9(10)12-8/h2-3,6-7,11H,4-5H2,1H3. The first kappa shape index (κ1) is 8.54. The van der Waals surface area contributed by atoms with Crippen LogP contribution in [-0.4, -0.2) is 13.1 Å². The number of thiophene rings is 1. The molecule has 1 aliphatic rings. The Hall–Kier alpha value is -0.0500. The molecular formula is C9H12ClNS. The number of rotatable bonds is 2. The summed E-state index contributed by atoms with van der Waals surface area (Å²) in [5, 5.41) is 3.28. The molecule has 0 amide bonds. The molecule has 0 bridgehead atoms. The van der Waals surface area contributed by atoms with Gasteiger partial charge in [-0.05, 0) is 37.9 Å². The second-order valence-electron chi connectivity index (χ2n) is 3.30. The van der Waals surface area contributed by atoms with Gasteiger partial charge in [-0.25, -0.2) is 0 Å². The van der Waals surface area contributed by atoms with Gasteiger partial charge in [0.2, 0.25) is 0 Å². The summed E-state index contributed by atoms with van der Waals surface area (Å²) in [6.07, 6.45) is 2.54. The average Bonchev–Trinajstić information content (AvgIpc) is 2.34. The molecule has 0 aliphatic heterocycles. The smallest absolute Gasteiger partial charge is 0.0931 e. The van der Waals surface area contributed by atoms with Gasteiger partial charge in [0.15, 0.2) is 0 Å². The molecule has 0 unspecified atom stereocenters. The molecular weight excluding hydrogens is 190 g/mol. The Bertz CT molecular complexity index is 265. The zero-order valence-electron chi connectivity index (χ0n) is 7.01. The molecule has 0 spiro atoms. The maximum Gasteiger partial charge on any atom is 0.0931 e. The number of nitrogens with one attached hydrogen (secondary N) is 1. The molecule has 2 rings (SSSR count). The Morgan fingerprint density at radius 3 is 2.75 bits per heavy atom. The molecule has 1 N–H and O–H groups in total. The fourth-order valence-electron chi connectivity index (χ4n) is 1.63. The third-order valence-electron chi connectivity index (χ3n) is 2.54. The molecule has 0 aromatic carbocycles. The topological polar surface area (TPSA) is 12.0 Å². The van der Waals surface area contributed by atoms with E-state index in [1.165, 1.54) is 17.7 Å². The molecule has 0 radical (unpaired) electrons. The van der Waals surface area contributed by atoms with Gasteiger partial charge in [-0.3, -0.25) is 0 Å². The lowest BCUT2D eigenvalue weighted by Crippen LogP contribution is -2.37. The minimum Gasteiger partial charge on any atom is -0.317 e. The highest BCUT2D eigenvalue weighted by atomic mass is 35.5. The maximum absolute atomic E-state index is 5.86. The summed E-state index contributed by atoms with van der Waals surface area (Å²) in [7, 11) is 2.03. The zero-order chi connectivity index (χ0) is 8.55. The maximum atomic E-state index is 5.86. The van der Waals surface area contributed by atoms with Crippen LogP contribution in [0.2, 0.25) is 4.34 Å². The monoisotopic (exact) mass is 201 g/mol. The lowest BCUT2D eigenvalue weighted by molar-refractivity contribution is 0.311. The van der Waals surface area contributed by atoms with E-state index in [4.69, 9.17) is 11.6 Å². The predicted octanol–water partition coefficient (Wildman–Crippen LogP) is 2.87. The van der Waals surface area contributed by atoms with E-state index in [9.17, 15) is 0 Å². The first-order valence-corrected chi connectivity index (χ1v) is 5.41. The minimum absolute atomic E-state index is 0.732. The molecule has 1 aromatic rings. The van der Waals surface area contributed by atoms with E-state index in [0.717, 1.165) is 16.3 Å². The number of hydrogen-bond donors (Lipinski definition) is 1. The average molecular weight is 202 g/mol. The number of halogens is 1. The molecule has 1 nitrogen and oxygen atoms in total. The molecule has 1 aromatic heterocycles. The van der Waals surface area contributed by atoms with Crippen molar-refractivity contribution in [3.8, 4) is 0 Å². The van der Waals surface area contributed by atoms with Gasteiger partial charge in [0.1, 0.15) is 0 Å². The Morgan fingerprint density at radius 2 is 2.25 bits per heavy atom. The van der Waals surface area contributed by atoms with Crippen LogP contribution in [0.3, 0.4) is 0 Å². The fourth-order valence-corrected chi connectivity index (χ4v) is 2.82. The molecule has 3 heteroatoms. The van der Waals surface area contributed by atoms with Crippen LogP contribution in [0, 0.1) is 0 Å². The quantitative estimate of drug-likeness (QED) is 0.776. The van der Waals surface area contributed by atoms with Gasteiger partial charge in [0.25, 0.3) is 0 Å². The molecule has 0 saturated heterocycles. The van der Waals surface area contributed by atoms with E-state index < -0.39 is 0 Å². The summed E-state index contributed by atoms with van der Waals surface area (Å²) < 4.78 is 0.915. The first-order valence-electron chi connectivity index (χ1n) is 4.22. The van der Waals surface area contributed by atoms with Crippen molar-refractivity contribution in [2.75, 3.05) is 7.05 Å². The van der Waals surface area contributed by atoms with Crippen LogP contribution >= 0.6 is 22.9 Å². The van der Waals surface area contributed by atoms with Crippen molar-refractivity contribution in [3.63, 3.8) is 0 Å². The number of hydrogen-bond acceptors (Lipinski definition) is 2. The van der Waals surface area contributed by atoms with Gasteiger partial charge in [-0.15, -0.1) is 11.3 Å². The van der Waals surface area contributed by atoms with Crippen LogP contribution in [0.4, 0.5) is 0 Å². The van der Waals surface area contributed by atoms with Crippen LogP contribution in [-0.2, 0) is 0 Å². The molecule has 12 heavy (non-hydrogen) atoms. The highest BCUT2D eigenvalue weighted by Crippen LogP contribution is 2.40. The molecule has 1 fully saturated rings. The summed E-state index contributed by atoms with van der Waals surface area (Å²) in [5.41, 5.74) is 0. The van der Waals surface area contributed by atoms with Crippen molar-refractivity contribution in [3.05, 3.63) is 21.3 Å². The van der Waals surface area contributed by atoms with Crippen LogP contribution in [0.15, 0.2) is 12.1 Å². The minimum atomic E-state index is 0.732. The summed E-state index contributed by atoms with van der Waals surface area (Å²) in [6.45, 7) is 0. The summed E-state index contributed by atoms with van der Waals surface area (Å²) in [5.74, 6) is 0.764. The van der Waals surface area contributed by atoms with E-state index in [2.05, 4.69) is 11.4 Å². The molecule has 1 saturated carbocycles. The molecule has 1 heterocycles. The summed E-state index contributed by atoms with van der Waals surface area (Å²) in [6, 6.07) is 4.88. The van der Waals surface area contributed by atoms with Crippen molar-refractivity contribution in [2.24, 2.45) is 0 Å². The van der Waals surface area contributed by atoms with E-state index in [1.54, 1.807) is 11.3 Å². The van der Waals surface area contributed by atoms with E-state index >= 15 is 0 Å². The van der Waals surface area contributed by atoms with Crippen LogP contribution < -0.4 is 5.32 Å². The van der Waals surface area contributed by atoms with Gasteiger partial charge >= 0.3 is 0 Å². The Balaban J connectivity index is 1.96. The Labute approximate surface area is 81.7 Å². The second kappa shape index (κ2) is 3.36. The van der Waals surface area contributed by atoms with Crippen LogP contribution in [0.5, 0.6) is 0 Å². The normalized spacial score (nSPS) is 28.5. The Kier molecular flexibility index (Phi) is 2.40. The highest BCUT2D eigenvalue weighted by Gasteiger charge is 2.29. The van der Waals surface area contributed by atoms with Gasteiger partial charge in [-0.2, -0.15) is 0 Å². The largest absolute Gasteiger partial charge is 0.317 e. The van der Waals surface area contributed by atoms with Crippen molar-refractivity contribution in [1.82, 2.24) is 5.32 Å². The van der Waals surface area contributed by atoms with E-state index in [-0.39, 0.29) is 0 Å².